The van der Waals surface area contributed by atoms with E-state index in [4.69, 9.17) is 33.2 Å². The molecule has 0 atom stereocenters. The fourth-order valence-corrected chi connectivity index (χ4v) is 1.78. The largest absolute Gasteiger partial charge is 0.385 e. The molecule has 0 radical (unpaired) electrons. The number of rotatable bonds is 7. The highest BCUT2D eigenvalue weighted by Gasteiger charge is 2.09. The summed E-state index contributed by atoms with van der Waals surface area (Å²) < 4.78 is 4.87. The van der Waals surface area contributed by atoms with E-state index in [2.05, 4.69) is 10.6 Å². The zero-order valence-electron chi connectivity index (χ0n) is 11.5. The SMILES string of the molecule is COCCCNC(=O)/C(C#N)=C\Nc1cccc(Cl)c1Cl. The molecule has 2 N–H and O–H groups in total. The topological polar surface area (TPSA) is 74.1 Å². The first-order valence-corrected chi connectivity index (χ1v) is 6.93. The fraction of sp³-hybridized carbons (Fsp3) is 0.286. The third kappa shape index (κ3) is 5.64. The van der Waals surface area contributed by atoms with Gasteiger partial charge in [0, 0.05) is 26.5 Å². The Balaban J connectivity index is 2.65. The molecule has 112 valence electrons. The van der Waals surface area contributed by atoms with Crippen LogP contribution in [0.25, 0.3) is 0 Å². The molecule has 1 aromatic rings. The highest BCUT2D eigenvalue weighted by atomic mass is 35.5. The van der Waals surface area contributed by atoms with Gasteiger partial charge in [-0.05, 0) is 18.6 Å². The monoisotopic (exact) mass is 327 g/mol. The number of ether oxygens (including phenoxy) is 1. The molecule has 0 saturated heterocycles. The molecule has 0 aliphatic rings. The van der Waals surface area contributed by atoms with Crippen molar-refractivity contribution in [2.45, 2.75) is 6.42 Å². The molecule has 0 heterocycles. The maximum atomic E-state index is 11.8. The average Bonchev–Trinajstić information content (AvgIpc) is 2.48. The van der Waals surface area contributed by atoms with Crippen LogP contribution in [0.5, 0.6) is 0 Å². The molecule has 7 heteroatoms. The molecule has 1 amide bonds. The standard InChI is InChI=1S/C14H15Cl2N3O2/c1-21-7-3-6-18-14(20)10(8-17)9-19-12-5-2-4-11(15)13(12)16/h2,4-5,9,19H,3,6-7H2,1H3,(H,18,20)/b10-9-. The Morgan fingerprint density at radius 2 is 2.24 bits per heavy atom. The zero-order valence-corrected chi connectivity index (χ0v) is 13.0. The van der Waals surface area contributed by atoms with Gasteiger partial charge in [-0.2, -0.15) is 5.26 Å². The Bertz CT molecular complexity index is 568. The van der Waals surface area contributed by atoms with Crippen LogP contribution in [0.2, 0.25) is 10.0 Å². The van der Waals surface area contributed by atoms with Crippen molar-refractivity contribution in [1.29, 1.82) is 5.26 Å². The number of carbonyl (C=O) groups excluding carboxylic acids is 1. The van der Waals surface area contributed by atoms with E-state index in [0.717, 1.165) is 0 Å². The van der Waals surface area contributed by atoms with E-state index >= 15 is 0 Å². The molecular weight excluding hydrogens is 313 g/mol. The molecule has 0 fully saturated rings. The second-order valence-corrected chi connectivity index (χ2v) is 4.80. The van der Waals surface area contributed by atoms with Crippen molar-refractivity contribution >= 4 is 34.8 Å². The normalized spacial score (nSPS) is 10.9. The number of carbonyl (C=O) groups is 1. The van der Waals surface area contributed by atoms with E-state index in [0.29, 0.717) is 35.3 Å². The van der Waals surface area contributed by atoms with Gasteiger partial charge in [0.25, 0.3) is 5.91 Å². The van der Waals surface area contributed by atoms with E-state index < -0.39 is 5.91 Å². The van der Waals surface area contributed by atoms with Crippen LogP contribution in [0.15, 0.2) is 30.0 Å². The lowest BCUT2D eigenvalue weighted by Crippen LogP contribution is -2.26. The van der Waals surface area contributed by atoms with Gasteiger partial charge in [0.1, 0.15) is 11.6 Å². The number of benzene rings is 1. The fourth-order valence-electron chi connectivity index (χ4n) is 1.43. The van der Waals surface area contributed by atoms with Gasteiger partial charge in [-0.3, -0.25) is 4.79 Å². The Kier molecular flexibility index (Phi) is 7.62. The first-order valence-electron chi connectivity index (χ1n) is 6.18. The summed E-state index contributed by atoms with van der Waals surface area (Å²) in [6.45, 7) is 0.978. The second-order valence-electron chi connectivity index (χ2n) is 4.02. The van der Waals surface area contributed by atoms with Crippen LogP contribution in [0.1, 0.15) is 6.42 Å². The van der Waals surface area contributed by atoms with Gasteiger partial charge >= 0.3 is 0 Å². The van der Waals surface area contributed by atoms with Gasteiger partial charge in [-0.25, -0.2) is 0 Å². The lowest BCUT2D eigenvalue weighted by Gasteiger charge is -2.07. The minimum atomic E-state index is -0.459. The summed E-state index contributed by atoms with van der Waals surface area (Å²) >= 11 is 11.9. The van der Waals surface area contributed by atoms with Crippen molar-refractivity contribution in [2.75, 3.05) is 25.6 Å². The van der Waals surface area contributed by atoms with Crippen molar-refractivity contribution in [3.8, 4) is 6.07 Å². The van der Waals surface area contributed by atoms with E-state index in [1.165, 1.54) is 6.20 Å². The molecule has 0 saturated carbocycles. The summed E-state index contributed by atoms with van der Waals surface area (Å²) in [6.07, 6.45) is 1.97. The summed E-state index contributed by atoms with van der Waals surface area (Å²) in [7, 11) is 1.58. The molecule has 0 aliphatic heterocycles. The highest BCUT2D eigenvalue weighted by molar-refractivity contribution is 6.43. The summed E-state index contributed by atoms with van der Waals surface area (Å²) in [4.78, 5) is 11.8. The van der Waals surface area contributed by atoms with Crippen molar-refractivity contribution in [1.82, 2.24) is 5.32 Å². The third-order valence-corrected chi connectivity index (χ3v) is 3.32. The van der Waals surface area contributed by atoms with Crippen LogP contribution in [-0.2, 0) is 9.53 Å². The minimum absolute atomic E-state index is 0.0524. The smallest absolute Gasteiger partial charge is 0.263 e. The van der Waals surface area contributed by atoms with Gasteiger partial charge < -0.3 is 15.4 Å². The van der Waals surface area contributed by atoms with Crippen molar-refractivity contribution in [3.63, 3.8) is 0 Å². The number of nitrogens with zero attached hydrogens (tertiary/aromatic N) is 1. The van der Waals surface area contributed by atoms with Crippen LogP contribution in [0.4, 0.5) is 5.69 Å². The van der Waals surface area contributed by atoms with Gasteiger partial charge in [-0.1, -0.05) is 29.3 Å². The molecule has 1 rings (SSSR count). The number of nitrogens with one attached hydrogen (secondary N) is 2. The summed E-state index contributed by atoms with van der Waals surface area (Å²) in [5, 5.41) is 15.1. The third-order valence-electron chi connectivity index (χ3n) is 2.50. The van der Waals surface area contributed by atoms with Crippen LogP contribution in [-0.4, -0.2) is 26.2 Å². The van der Waals surface area contributed by atoms with E-state index in [-0.39, 0.29) is 5.57 Å². The van der Waals surface area contributed by atoms with Gasteiger partial charge in [0.2, 0.25) is 0 Å². The second kappa shape index (κ2) is 9.24. The number of nitriles is 1. The lowest BCUT2D eigenvalue weighted by atomic mass is 10.2. The number of halogens is 2. The molecule has 0 aromatic heterocycles. The molecule has 1 aromatic carbocycles. The van der Waals surface area contributed by atoms with Crippen molar-refractivity contribution in [3.05, 3.63) is 40.0 Å². The Morgan fingerprint density at radius 3 is 2.90 bits per heavy atom. The Labute approximate surface area is 133 Å². The van der Waals surface area contributed by atoms with Gasteiger partial charge in [0.05, 0.1) is 15.7 Å². The van der Waals surface area contributed by atoms with Crippen LogP contribution >= 0.6 is 23.2 Å². The van der Waals surface area contributed by atoms with Gasteiger partial charge in [0.15, 0.2) is 0 Å². The summed E-state index contributed by atoms with van der Waals surface area (Å²) in [6, 6.07) is 6.87. The zero-order chi connectivity index (χ0) is 15.7. The van der Waals surface area contributed by atoms with E-state index in [9.17, 15) is 4.79 Å². The predicted octanol–water partition coefficient (Wildman–Crippen LogP) is 2.97. The predicted molar refractivity (Wildman–Crippen MR) is 83.3 cm³/mol. The van der Waals surface area contributed by atoms with Crippen LogP contribution in [0, 0.1) is 11.3 Å². The molecule has 0 unspecified atom stereocenters. The maximum absolute atomic E-state index is 11.8. The molecule has 0 aliphatic carbocycles. The average molecular weight is 328 g/mol. The minimum Gasteiger partial charge on any atom is -0.385 e. The Morgan fingerprint density at radius 1 is 1.48 bits per heavy atom. The quantitative estimate of drug-likeness (QED) is 0.458. The van der Waals surface area contributed by atoms with Crippen molar-refractivity contribution < 1.29 is 9.53 Å². The first-order chi connectivity index (χ1) is 10.1. The first kappa shape index (κ1) is 17.3. The number of amides is 1. The number of anilines is 1. The lowest BCUT2D eigenvalue weighted by molar-refractivity contribution is -0.117. The molecular formula is C14H15Cl2N3O2. The summed E-state index contributed by atoms with van der Waals surface area (Å²) in [5.41, 5.74) is 0.465. The Hall–Kier alpha value is -1.74. The molecule has 21 heavy (non-hydrogen) atoms. The highest BCUT2D eigenvalue weighted by Crippen LogP contribution is 2.29. The van der Waals surface area contributed by atoms with Crippen LogP contribution < -0.4 is 10.6 Å². The number of hydrogen-bond donors (Lipinski definition) is 2. The van der Waals surface area contributed by atoms with Crippen molar-refractivity contribution in [2.24, 2.45) is 0 Å². The molecule has 0 spiro atoms. The van der Waals surface area contributed by atoms with Crippen LogP contribution in [0.3, 0.4) is 0 Å². The summed E-state index contributed by atoms with van der Waals surface area (Å²) in [5.74, 6) is -0.459. The van der Waals surface area contributed by atoms with E-state index in [1.54, 1.807) is 25.3 Å². The van der Waals surface area contributed by atoms with Gasteiger partial charge in [-0.15, -0.1) is 0 Å². The van der Waals surface area contributed by atoms with E-state index in [1.807, 2.05) is 6.07 Å². The number of methoxy groups -OCH3 is 1. The molecule has 0 bridgehead atoms. The number of hydrogen-bond acceptors (Lipinski definition) is 4. The molecule has 5 nitrogen and oxygen atoms in total. The maximum Gasteiger partial charge on any atom is 0.263 e.